The molecule has 0 bridgehead atoms. The number of nitrogens with two attached hydrogens (primary N) is 1. The molecule has 1 saturated heterocycles. The molecule has 1 aromatic rings. The Morgan fingerprint density at radius 2 is 1.62 bits per heavy atom. The molecule has 1 aliphatic carbocycles. The molecule has 2 fully saturated rings. The SMILES string of the molecule is CC(c1nc(N)nc(N(C)C)n1)N1CCN(S(=O)(=O)N(C)C2CCCCC2)CC1. The lowest BCUT2D eigenvalue weighted by molar-refractivity contribution is 0.135. The molecule has 11 heteroatoms. The van der Waals surface area contributed by atoms with Gasteiger partial charge in [-0.05, 0) is 19.8 Å². The number of piperazine rings is 1. The van der Waals surface area contributed by atoms with Gasteiger partial charge in [0.25, 0.3) is 10.2 Å². The standard InChI is InChI=1S/C18H34N8O2S/c1-14(16-20-17(19)22-18(21-16)23(2)3)25-10-12-26(13-11-25)29(27,28)24(4)15-8-6-5-7-9-15/h14-15H,5-13H2,1-4H3,(H2,19,20,21,22). The highest BCUT2D eigenvalue weighted by molar-refractivity contribution is 7.86. The summed E-state index contributed by atoms with van der Waals surface area (Å²) in [6, 6.07) is 0.0586. The van der Waals surface area contributed by atoms with E-state index in [4.69, 9.17) is 5.73 Å². The van der Waals surface area contributed by atoms with Gasteiger partial charge in [-0.2, -0.15) is 32.0 Å². The highest BCUT2D eigenvalue weighted by Crippen LogP contribution is 2.26. The van der Waals surface area contributed by atoms with Crippen molar-refractivity contribution in [3.8, 4) is 0 Å². The van der Waals surface area contributed by atoms with Crippen molar-refractivity contribution in [3.63, 3.8) is 0 Å². The summed E-state index contributed by atoms with van der Waals surface area (Å²) in [4.78, 5) is 16.9. The number of rotatable bonds is 6. The van der Waals surface area contributed by atoms with E-state index in [0.29, 0.717) is 38.0 Å². The summed E-state index contributed by atoms with van der Waals surface area (Å²) in [6.07, 6.45) is 5.35. The van der Waals surface area contributed by atoms with Crippen molar-refractivity contribution in [3.05, 3.63) is 5.82 Å². The monoisotopic (exact) mass is 426 g/mol. The molecule has 0 radical (unpaired) electrons. The minimum atomic E-state index is -3.43. The van der Waals surface area contributed by atoms with Crippen molar-refractivity contribution < 1.29 is 8.42 Å². The topological polar surface area (TPSA) is 112 Å². The Bertz CT molecular complexity index is 789. The van der Waals surface area contributed by atoms with Gasteiger partial charge in [-0.1, -0.05) is 19.3 Å². The zero-order chi connectivity index (χ0) is 21.2. The summed E-state index contributed by atoms with van der Waals surface area (Å²) in [5, 5.41) is 0. The third kappa shape index (κ3) is 4.96. The molecule has 164 valence electrons. The van der Waals surface area contributed by atoms with Crippen LogP contribution in [0.2, 0.25) is 0 Å². The normalized spacial score (nSPS) is 21.4. The van der Waals surface area contributed by atoms with Gasteiger partial charge < -0.3 is 10.6 Å². The van der Waals surface area contributed by atoms with Crippen LogP contribution in [0.3, 0.4) is 0 Å². The van der Waals surface area contributed by atoms with Crippen molar-refractivity contribution >= 4 is 22.1 Å². The lowest BCUT2D eigenvalue weighted by Crippen LogP contribution is -2.54. The summed E-state index contributed by atoms with van der Waals surface area (Å²) in [7, 11) is 2.02. The first-order valence-electron chi connectivity index (χ1n) is 10.4. The molecular weight excluding hydrogens is 392 g/mol. The fourth-order valence-corrected chi connectivity index (χ4v) is 5.66. The molecule has 2 N–H and O–H groups in total. The quantitative estimate of drug-likeness (QED) is 0.708. The molecule has 29 heavy (non-hydrogen) atoms. The van der Waals surface area contributed by atoms with E-state index in [2.05, 4.69) is 19.9 Å². The minimum Gasteiger partial charge on any atom is -0.368 e. The second-order valence-electron chi connectivity index (χ2n) is 8.17. The number of nitrogens with zero attached hydrogens (tertiary/aromatic N) is 7. The molecule has 0 aromatic carbocycles. The number of aromatic nitrogens is 3. The Labute approximate surface area is 174 Å². The maximum atomic E-state index is 13.1. The van der Waals surface area contributed by atoms with Crippen LogP contribution in [0.15, 0.2) is 0 Å². The Morgan fingerprint density at radius 1 is 1.00 bits per heavy atom. The first-order valence-corrected chi connectivity index (χ1v) is 11.8. The molecule has 0 amide bonds. The van der Waals surface area contributed by atoms with Gasteiger partial charge in [-0.15, -0.1) is 0 Å². The van der Waals surface area contributed by atoms with E-state index < -0.39 is 10.2 Å². The van der Waals surface area contributed by atoms with Crippen LogP contribution in [0.4, 0.5) is 11.9 Å². The fourth-order valence-electron chi connectivity index (χ4n) is 4.08. The molecule has 2 aliphatic rings. The maximum Gasteiger partial charge on any atom is 0.282 e. The highest BCUT2D eigenvalue weighted by atomic mass is 32.2. The molecule has 1 atom stereocenters. The lowest BCUT2D eigenvalue weighted by atomic mass is 9.96. The van der Waals surface area contributed by atoms with E-state index in [9.17, 15) is 8.42 Å². The van der Waals surface area contributed by atoms with Gasteiger partial charge in [-0.25, -0.2) is 0 Å². The van der Waals surface area contributed by atoms with Crippen molar-refractivity contribution in [1.82, 2.24) is 28.5 Å². The van der Waals surface area contributed by atoms with Gasteiger partial charge in [0.05, 0.1) is 6.04 Å². The second-order valence-corrected chi connectivity index (χ2v) is 10.2. The molecule has 1 aromatic heterocycles. The Kier molecular flexibility index (Phi) is 6.92. The van der Waals surface area contributed by atoms with E-state index in [1.165, 1.54) is 6.42 Å². The molecule has 1 saturated carbocycles. The van der Waals surface area contributed by atoms with Gasteiger partial charge in [-0.3, -0.25) is 4.90 Å². The summed E-state index contributed by atoms with van der Waals surface area (Å²) in [5.74, 6) is 1.33. The third-order valence-electron chi connectivity index (χ3n) is 6.03. The summed E-state index contributed by atoms with van der Waals surface area (Å²) >= 11 is 0. The van der Waals surface area contributed by atoms with Gasteiger partial charge in [0.15, 0.2) is 5.82 Å². The molecule has 3 rings (SSSR count). The summed E-state index contributed by atoms with van der Waals surface area (Å²) in [6.45, 7) is 4.20. The highest BCUT2D eigenvalue weighted by Gasteiger charge is 2.35. The Balaban J connectivity index is 1.64. The van der Waals surface area contributed by atoms with Crippen molar-refractivity contribution in [2.45, 2.75) is 51.1 Å². The van der Waals surface area contributed by atoms with Crippen molar-refractivity contribution in [2.24, 2.45) is 0 Å². The Morgan fingerprint density at radius 3 is 2.21 bits per heavy atom. The van der Waals surface area contributed by atoms with Crippen LogP contribution in [0.1, 0.15) is 50.9 Å². The van der Waals surface area contributed by atoms with E-state index in [0.717, 1.165) is 25.7 Å². The first-order chi connectivity index (χ1) is 13.7. The lowest BCUT2D eigenvalue weighted by Gasteiger charge is -2.40. The number of hydrogen-bond donors (Lipinski definition) is 1. The summed E-state index contributed by atoms with van der Waals surface area (Å²) in [5.41, 5.74) is 5.85. The van der Waals surface area contributed by atoms with Crippen LogP contribution in [0.25, 0.3) is 0 Å². The van der Waals surface area contributed by atoms with E-state index >= 15 is 0 Å². The van der Waals surface area contributed by atoms with Crippen LogP contribution in [-0.4, -0.2) is 90.2 Å². The first kappa shape index (κ1) is 22.1. The number of hydrogen-bond acceptors (Lipinski definition) is 8. The van der Waals surface area contributed by atoms with Gasteiger partial charge >= 0.3 is 0 Å². The molecule has 0 spiro atoms. The molecule has 1 aliphatic heterocycles. The molecule has 10 nitrogen and oxygen atoms in total. The van der Waals surface area contributed by atoms with Gasteiger partial charge in [0.1, 0.15) is 0 Å². The van der Waals surface area contributed by atoms with Crippen molar-refractivity contribution in [1.29, 1.82) is 0 Å². The average Bonchev–Trinajstić information content (AvgIpc) is 2.72. The predicted octanol–water partition coefficient (Wildman–Crippen LogP) is 0.708. The third-order valence-corrected chi connectivity index (χ3v) is 8.08. The second kappa shape index (κ2) is 9.07. The van der Waals surface area contributed by atoms with Crippen LogP contribution in [-0.2, 0) is 10.2 Å². The number of nitrogen functional groups attached to an aromatic ring is 1. The zero-order valence-electron chi connectivity index (χ0n) is 18.0. The molecule has 1 unspecified atom stereocenters. The number of anilines is 2. The Hall–Kier alpha value is -1.56. The van der Waals surface area contributed by atoms with E-state index in [-0.39, 0.29) is 18.0 Å². The van der Waals surface area contributed by atoms with Crippen molar-refractivity contribution in [2.75, 3.05) is 58.0 Å². The molecular formula is C18H34N8O2S. The van der Waals surface area contributed by atoms with Gasteiger partial charge in [0, 0.05) is 53.4 Å². The van der Waals surface area contributed by atoms with Crippen LogP contribution in [0, 0.1) is 0 Å². The predicted molar refractivity (Wildman–Crippen MR) is 114 cm³/mol. The van der Waals surface area contributed by atoms with Crippen LogP contribution in [0.5, 0.6) is 0 Å². The van der Waals surface area contributed by atoms with Gasteiger partial charge in [0.2, 0.25) is 11.9 Å². The summed E-state index contributed by atoms with van der Waals surface area (Å²) < 4.78 is 29.4. The zero-order valence-corrected chi connectivity index (χ0v) is 18.8. The van der Waals surface area contributed by atoms with E-state index in [1.54, 1.807) is 20.6 Å². The molecule has 2 heterocycles. The smallest absolute Gasteiger partial charge is 0.282 e. The van der Waals surface area contributed by atoms with Crippen LogP contribution >= 0.6 is 0 Å². The van der Waals surface area contributed by atoms with E-state index in [1.807, 2.05) is 21.0 Å². The minimum absolute atomic E-state index is 0.0695. The largest absolute Gasteiger partial charge is 0.368 e. The van der Waals surface area contributed by atoms with Crippen LogP contribution < -0.4 is 10.6 Å². The average molecular weight is 427 g/mol. The maximum absolute atomic E-state index is 13.1. The fraction of sp³-hybridized carbons (Fsp3) is 0.833.